The summed E-state index contributed by atoms with van der Waals surface area (Å²) in [5.74, 6) is 0. The summed E-state index contributed by atoms with van der Waals surface area (Å²) in [6.07, 6.45) is 4.69. The Morgan fingerprint density at radius 1 is 0.588 bits per heavy atom. The van der Waals surface area contributed by atoms with E-state index in [4.69, 9.17) is 0 Å². The quantitative estimate of drug-likeness (QED) is 0.182. The van der Waals surface area contributed by atoms with Gasteiger partial charge in [0.2, 0.25) is 0 Å². The topological polar surface area (TPSA) is 25.8 Å². The third-order valence-corrected chi connectivity index (χ3v) is 6.08. The Bertz CT molecular complexity index is 1580. The van der Waals surface area contributed by atoms with Crippen molar-refractivity contribution in [3.05, 3.63) is 133 Å². The minimum Gasteiger partial charge on any atom is -0.305 e. The number of hydrogen-bond donors (Lipinski definition) is 0. The summed E-state index contributed by atoms with van der Waals surface area (Å²) in [5.41, 5.74) is 6.98. The Labute approximate surface area is 212 Å². The van der Waals surface area contributed by atoms with Gasteiger partial charge in [-0.1, -0.05) is 65.5 Å². The summed E-state index contributed by atoms with van der Waals surface area (Å²) in [6, 6.07) is 39.6. The first-order valence-electron chi connectivity index (χ1n) is 11.1. The van der Waals surface area contributed by atoms with Crippen LogP contribution < -0.4 is 0 Å². The average Bonchev–Trinajstić information content (AvgIpc) is 2.90. The minimum absolute atomic E-state index is 0. The molecule has 2 aromatic heterocycles. The fourth-order valence-corrected chi connectivity index (χ4v) is 4.57. The first kappa shape index (κ1) is 22.2. The van der Waals surface area contributed by atoms with Gasteiger partial charge in [-0.3, -0.25) is 0 Å². The number of aromatic nitrogens is 2. The van der Waals surface area contributed by atoms with Crippen LogP contribution in [0.25, 0.3) is 44.1 Å². The van der Waals surface area contributed by atoms with Gasteiger partial charge in [0.15, 0.2) is 0 Å². The third kappa shape index (κ3) is 4.05. The minimum atomic E-state index is 0. The third-order valence-electron chi connectivity index (χ3n) is 6.08. The molecule has 2 heterocycles. The van der Waals surface area contributed by atoms with Crippen LogP contribution in [-0.4, -0.2) is 9.97 Å². The predicted octanol–water partition coefficient (Wildman–Crippen LogP) is 7.31. The van der Waals surface area contributed by atoms with E-state index >= 15 is 0 Å². The van der Waals surface area contributed by atoms with Crippen molar-refractivity contribution in [3.8, 4) is 22.5 Å². The van der Waals surface area contributed by atoms with Gasteiger partial charge in [0.1, 0.15) is 0 Å². The zero-order valence-electron chi connectivity index (χ0n) is 18.3. The van der Waals surface area contributed by atoms with Gasteiger partial charge in [0, 0.05) is 32.5 Å². The van der Waals surface area contributed by atoms with Crippen molar-refractivity contribution in [2.45, 2.75) is 6.42 Å². The Balaban J connectivity index is 0.000000138. The van der Waals surface area contributed by atoms with Gasteiger partial charge in [-0.15, -0.1) is 64.5 Å². The van der Waals surface area contributed by atoms with Crippen molar-refractivity contribution in [2.24, 2.45) is 0 Å². The van der Waals surface area contributed by atoms with Crippen molar-refractivity contribution in [1.29, 1.82) is 0 Å². The van der Waals surface area contributed by atoms with E-state index < -0.39 is 0 Å². The molecule has 0 aliphatic heterocycles. The van der Waals surface area contributed by atoms with Crippen LogP contribution in [0.15, 0.2) is 109 Å². The second-order valence-corrected chi connectivity index (χ2v) is 8.08. The van der Waals surface area contributed by atoms with E-state index in [2.05, 4.69) is 70.6 Å². The van der Waals surface area contributed by atoms with E-state index in [9.17, 15) is 0 Å². The molecule has 0 saturated carbocycles. The Morgan fingerprint density at radius 3 is 2.32 bits per heavy atom. The van der Waals surface area contributed by atoms with E-state index in [1.54, 1.807) is 0 Å². The number of rotatable bonds is 1. The van der Waals surface area contributed by atoms with Crippen LogP contribution in [0.1, 0.15) is 11.1 Å². The molecule has 6 aromatic rings. The van der Waals surface area contributed by atoms with Gasteiger partial charge in [0.05, 0.1) is 0 Å². The maximum atomic E-state index is 4.55. The normalized spacial score (nSPS) is 11.2. The Hall–Kier alpha value is -3.65. The van der Waals surface area contributed by atoms with E-state index in [0.29, 0.717) is 0 Å². The zero-order valence-corrected chi connectivity index (χ0v) is 20.7. The monoisotopic (exact) mass is 613 g/mol. The average molecular weight is 613 g/mol. The maximum absolute atomic E-state index is 4.55. The maximum Gasteiger partial charge on any atom is 0.0167 e. The SMILES string of the molecule is [Ir].[c-]1ccc2ccccc2c1-c1ccccn1.[c-]1cccc2c1-c1nccc3cccc(c13)C2. The molecule has 1 aliphatic carbocycles. The number of pyridine rings is 2. The molecule has 1 radical (unpaired) electrons. The smallest absolute Gasteiger partial charge is 0.0167 e. The molecule has 4 aromatic carbocycles. The molecule has 0 saturated heterocycles. The largest absolute Gasteiger partial charge is 0.305 e. The molecule has 7 rings (SSSR count). The summed E-state index contributed by atoms with van der Waals surface area (Å²) in [7, 11) is 0. The zero-order chi connectivity index (χ0) is 22.0. The first-order chi connectivity index (χ1) is 16.4. The molecule has 34 heavy (non-hydrogen) atoms. The number of benzene rings is 4. The molecule has 3 heteroatoms. The molecule has 165 valence electrons. The molecule has 0 amide bonds. The molecule has 0 atom stereocenters. The van der Waals surface area contributed by atoms with Crippen molar-refractivity contribution in [3.63, 3.8) is 0 Å². The van der Waals surface area contributed by atoms with E-state index in [1.165, 1.54) is 32.7 Å². The fraction of sp³-hybridized carbons (Fsp3) is 0.0323. The van der Waals surface area contributed by atoms with Crippen molar-refractivity contribution < 1.29 is 20.1 Å². The van der Waals surface area contributed by atoms with Crippen LogP contribution in [-0.2, 0) is 26.5 Å². The molecular formula is C31H20IrN2-2. The van der Waals surface area contributed by atoms with Crippen LogP contribution in [0.3, 0.4) is 0 Å². The van der Waals surface area contributed by atoms with Crippen molar-refractivity contribution in [1.82, 2.24) is 9.97 Å². The van der Waals surface area contributed by atoms with E-state index in [-0.39, 0.29) is 20.1 Å². The molecule has 2 nitrogen and oxygen atoms in total. The molecular weight excluding hydrogens is 593 g/mol. The van der Waals surface area contributed by atoms with E-state index in [1.807, 2.05) is 60.9 Å². The second-order valence-electron chi connectivity index (χ2n) is 8.08. The van der Waals surface area contributed by atoms with Gasteiger partial charge < -0.3 is 9.97 Å². The molecule has 0 N–H and O–H groups in total. The first-order valence-corrected chi connectivity index (χ1v) is 11.1. The molecule has 0 spiro atoms. The van der Waals surface area contributed by atoms with Crippen LogP contribution in [0, 0.1) is 12.1 Å². The van der Waals surface area contributed by atoms with Crippen molar-refractivity contribution in [2.75, 3.05) is 0 Å². The summed E-state index contributed by atoms with van der Waals surface area (Å²) >= 11 is 0. The van der Waals surface area contributed by atoms with Gasteiger partial charge in [0.25, 0.3) is 0 Å². The van der Waals surface area contributed by atoms with Gasteiger partial charge in [-0.2, -0.15) is 0 Å². The number of fused-ring (bicyclic) bond motifs is 3. The van der Waals surface area contributed by atoms with Gasteiger partial charge >= 0.3 is 0 Å². The summed E-state index contributed by atoms with van der Waals surface area (Å²) < 4.78 is 0. The van der Waals surface area contributed by atoms with Crippen molar-refractivity contribution >= 4 is 21.5 Å². The number of hydrogen-bond acceptors (Lipinski definition) is 2. The second kappa shape index (κ2) is 9.69. The van der Waals surface area contributed by atoms with E-state index in [0.717, 1.165) is 28.9 Å². The molecule has 0 fully saturated rings. The Kier molecular flexibility index (Phi) is 6.31. The summed E-state index contributed by atoms with van der Waals surface area (Å²) in [6.45, 7) is 0. The van der Waals surface area contributed by atoms with Crippen LogP contribution in [0.4, 0.5) is 0 Å². The van der Waals surface area contributed by atoms with Crippen LogP contribution >= 0.6 is 0 Å². The van der Waals surface area contributed by atoms with Gasteiger partial charge in [-0.05, 0) is 40.7 Å². The predicted molar refractivity (Wildman–Crippen MR) is 135 cm³/mol. The van der Waals surface area contributed by atoms with Gasteiger partial charge in [-0.25, -0.2) is 0 Å². The summed E-state index contributed by atoms with van der Waals surface area (Å²) in [4.78, 5) is 8.92. The van der Waals surface area contributed by atoms with Crippen LogP contribution in [0.5, 0.6) is 0 Å². The fourth-order valence-electron chi connectivity index (χ4n) is 4.57. The Morgan fingerprint density at radius 2 is 1.41 bits per heavy atom. The summed E-state index contributed by atoms with van der Waals surface area (Å²) in [5, 5.41) is 4.99. The molecule has 1 aliphatic rings. The molecule has 0 bridgehead atoms. The van der Waals surface area contributed by atoms with Crippen LogP contribution in [0.2, 0.25) is 0 Å². The standard InChI is InChI=1S/C16H10N.C15H10N.Ir/c1-2-7-14-12(4-1)10-13-6-3-5-11-8-9-17-16(14)15(11)13;1-2-8-13-12(6-1)7-5-9-14(13)15-10-3-4-11-16-15;/h1-6,8-9H,10H2;1-8,10-11H;/q2*-1;. The number of nitrogens with zero attached hydrogens (tertiary/aromatic N) is 2. The molecule has 0 unspecified atom stereocenters.